The molecule has 2 aromatic carbocycles. The minimum Gasteiger partial charge on any atom is -0.338 e. The molecule has 3 aromatic rings. The molecule has 1 aromatic heterocycles. The number of benzene rings is 2. The van der Waals surface area contributed by atoms with E-state index in [9.17, 15) is 23.2 Å². The number of urea groups is 1. The van der Waals surface area contributed by atoms with Crippen molar-refractivity contribution >= 4 is 64.2 Å². The van der Waals surface area contributed by atoms with Gasteiger partial charge >= 0.3 is 11.4 Å². The first kappa shape index (κ1) is 28.7. The van der Waals surface area contributed by atoms with Gasteiger partial charge in [0.25, 0.3) is 11.5 Å². The molecule has 40 heavy (non-hydrogen) atoms. The van der Waals surface area contributed by atoms with Crippen molar-refractivity contribution in [2.24, 2.45) is 0 Å². The van der Waals surface area contributed by atoms with Crippen molar-refractivity contribution in [3.8, 4) is 0 Å². The second kappa shape index (κ2) is 11.6. The quantitative estimate of drug-likeness (QED) is 0.299. The Morgan fingerprint density at radius 2 is 1.70 bits per heavy atom. The molecule has 0 atom stereocenters. The van der Waals surface area contributed by atoms with Crippen LogP contribution in [0, 0.1) is 0 Å². The minimum absolute atomic E-state index is 0.0620. The van der Waals surface area contributed by atoms with Gasteiger partial charge in [0.15, 0.2) is 0 Å². The third kappa shape index (κ3) is 5.95. The Balaban J connectivity index is 1.47. The largest absolute Gasteiger partial charge is 0.362 e. The summed E-state index contributed by atoms with van der Waals surface area (Å²) in [5.74, 6) is -0.655. The second-order valence-electron chi connectivity index (χ2n) is 9.46. The van der Waals surface area contributed by atoms with Gasteiger partial charge in [0, 0.05) is 41.7 Å². The smallest absolute Gasteiger partial charge is 0.338 e. The van der Waals surface area contributed by atoms with E-state index in [0.717, 1.165) is 48.2 Å². The van der Waals surface area contributed by atoms with Crippen LogP contribution in [-0.4, -0.2) is 34.9 Å². The van der Waals surface area contributed by atoms with Gasteiger partial charge in [-0.3, -0.25) is 14.5 Å². The number of nitrogens with zero attached hydrogens (tertiary/aromatic N) is 2. The molecule has 0 aliphatic carbocycles. The number of alkyl halides is 3. The highest BCUT2D eigenvalue weighted by Gasteiger charge is 2.34. The summed E-state index contributed by atoms with van der Waals surface area (Å²) in [6.07, 6.45) is 2.82. The number of hydrogen-bond acceptors (Lipinski definition) is 4. The standard InChI is InChI=1S/C27H23Cl3F2N4O3S/c28-18-5-4-6-19(29)23(18)40-20-12-21(27(30,31)32)34-24(37)22(20)25(38)35-13-15-7-8-17(11-16(15)14-35)36-10-3-1-2-9-33-26(36)39/h4-8,11-12H,1-3,9-10,13-14H2,(H,33,39)(H,34,37). The van der Waals surface area contributed by atoms with Crippen LogP contribution < -0.4 is 15.8 Å². The van der Waals surface area contributed by atoms with Crippen LogP contribution in [0.1, 0.15) is 46.4 Å². The summed E-state index contributed by atoms with van der Waals surface area (Å²) in [5, 5.41) is -0.518. The fourth-order valence-electron chi connectivity index (χ4n) is 4.72. The summed E-state index contributed by atoms with van der Waals surface area (Å²) in [4.78, 5) is 44.8. The maximum Gasteiger partial charge on any atom is 0.362 e. The fourth-order valence-corrected chi connectivity index (χ4v) is 6.46. The maximum absolute atomic E-state index is 14.0. The van der Waals surface area contributed by atoms with Gasteiger partial charge in [0.2, 0.25) is 0 Å². The highest BCUT2D eigenvalue weighted by Crippen LogP contribution is 2.42. The minimum atomic E-state index is -3.88. The number of fused-ring (bicyclic) bond motifs is 1. The summed E-state index contributed by atoms with van der Waals surface area (Å²) in [5.41, 5.74) is 0.188. The van der Waals surface area contributed by atoms with Gasteiger partial charge in [-0.1, -0.05) is 47.1 Å². The number of amides is 3. The summed E-state index contributed by atoms with van der Waals surface area (Å²) in [6, 6.07) is 11.1. The van der Waals surface area contributed by atoms with Gasteiger partial charge < -0.3 is 15.2 Å². The van der Waals surface area contributed by atoms with Crippen LogP contribution in [0.2, 0.25) is 10.0 Å². The zero-order valence-corrected chi connectivity index (χ0v) is 24.0. The van der Waals surface area contributed by atoms with E-state index in [1.54, 1.807) is 23.1 Å². The zero-order valence-electron chi connectivity index (χ0n) is 20.9. The van der Waals surface area contributed by atoms with Gasteiger partial charge in [-0.05, 0) is 72.3 Å². The molecule has 13 heteroatoms. The van der Waals surface area contributed by atoms with Crippen molar-refractivity contribution in [2.75, 3.05) is 18.0 Å². The van der Waals surface area contributed by atoms with E-state index < -0.39 is 22.5 Å². The van der Waals surface area contributed by atoms with Crippen molar-refractivity contribution < 1.29 is 18.4 Å². The molecule has 5 rings (SSSR count). The van der Waals surface area contributed by atoms with Crippen LogP contribution in [0.3, 0.4) is 0 Å². The first-order valence-corrected chi connectivity index (χ1v) is 14.4. The van der Waals surface area contributed by atoms with Crippen molar-refractivity contribution in [1.82, 2.24) is 15.2 Å². The molecule has 0 radical (unpaired) electrons. The first-order chi connectivity index (χ1) is 19.0. The van der Waals surface area contributed by atoms with Crippen LogP contribution in [-0.2, 0) is 18.5 Å². The van der Waals surface area contributed by atoms with E-state index >= 15 is 0 Å². The molecule has 1 fully saturated rings. The van der Waals surface area contributed by atoms with Crippen molar-refractivity contribution in [2.45, 2.75) is 47.5 Å². The Labute approximate surface area is 247 Å². The number of rotatable bonds is 5. The monoisotopic (exact) mass is 626 g/mol. The highest BCUT2D eigenvalue weighted by atomic mass is 35.5. The number of carbonyl (C=O) groups is 2. The molecule has 0 bridgehead atoms. The lowest BCUT2D eigenvalue weighted by molar-refractivity contribution is 0.0740. The number of carbonyl (C=O) groups excluding carboxylic acids is 2. The van der Waals surface area contributed by atoms with Gasteiger partial charge in [-0.15, -0.1) is 0 Å². The summed E-state index contributed by atoms with van der Waals surface area (Å²) in [7, 11) is 0. The lowest BCUT2D eigenvalue weighted by Crippen LogP contribution is -2.42. The Morgan fingerprint density at radius 3 is 2.42 bits per heavy atom. The number of aromatic nitrogens is 1. The molecule has 2 aliphatic rings. The highest BCUT2D eigenvalue weighted by molar-refractivity contribution is 7.99. The average Bonchev–Trinajstić information content (AvgIpc) is 3.31. The number of H-pyrrole nitrogens is 1. The van der Waals surface area contributed by atoms with Gasteiger partial charge in [0.05, 0.1) is 10.0 Å². The third-order valence-corrected chi connectivity index (χ3v) is 8.98. The molecule has 210 valence electrons. The van der Waals surface area contributed by atoms with Crippen LogP contribution in [0.5, 0.6) is 0 Å². The second-order valence-corrected chi connectivity index (χ2v) is 11.8. The summed E-state index contributed by atoms with van der Waals surface area (Å²) >= 11 is 18.6. The number of pyridine rings is 1. The van der Waals surface area contributed by atoms with E-state index in [2.05, 4.69) is 5.32 Å². The molecular formula is C27H23Cl3F2N4O3S. The van der Waals surface area contributed by atoms with Crippen LogP contribution in [0.4, 0.5) is 19.3 Å². The molecule has 0 saturated carbocycles. The number of aromatic amines is 1. The molecule has 7 nitrogen and oxygen atoms in total. The molecule has 2 aliphatic heterocycles. The van der Waals surface area contributed by atoms with E-state index in [1.165, 1.54) is 4.90 Å². The zero-order chi connectivity index (χ0) is 28.6. The Kier molecular flexibility index (Phi) is 8.33. The lowest BCUT2D eigenvalue weighted by atomic mass is 10.1. The van der Waals surface area contributed by atoms with E-state index in [-0.39, 0.29) is 39.6 Å². The number of halogens is 5. The third-order valence-electron chi connectivity index (χ3n) is 6.74. The normalized spacial score (nSPS) is 15.9. The molecule has 0 spiro atoms. The van der Waals surface area contributed by atoms with Gasteiger partial charge in [-0.25, -0.2) is 4.79 Å². The number of hydrogen-bond donors (Lipinski definition) is 2. The first-order valence-electron chi connectivity index (χ1n) is 12.5. The Morgan fingerprint density at radius 1 is 0.975 bits per heavy atom. The number of nitrogens with one attached hydrogen (secondary N) is 2. The van der Waals surface area contributed by atoms with Crippen molar-refractivity contribution in [1.29, 1.82) is 0 Å². The SMILES string of the molecule is O=C(c1c(Sc2c(Cl)cccc2Cl)cc(C(F)(F)Cl)[nH]c1=O)N1Cc2ccc(N3CCCCCNC3=O)cc2C1. The molecule has 0 unspecified atom stereocenters. The Hall–Kier alpha value is -2.79. The van der Waals surface area contributed by atoms with Crippen molar-refractivity contribution in [3.05, 3.63) is 85.2 Å². The van der Waals surface area contributed by atoms with Crippen LogP contribution in [0.25, 0.3) is 0 Å². The predicted molar refractivity (Wildman–Crippen MR) is 152 cm³/mol. The van der Waals surface area contributed by atoms with E-state index in [0.29, 0.717) is 23.7 Å². The molecule has 3 amide bonds. The number of anilines is 1. The topological polar surface area (TPSA) is 85.5 Å². The van der Waals surface area contributed by atoms with Crippen molar-refractivity contribution in [3.63, 3.8) is 0 Å². The molecule has 1 saturated heterocycles. The molecule has 2 N–H and O–H groups in total. The van der Waals surface area contributed by atoms with Crippen LogP contribution in [0.15, 0.2) is 57.1 Å². The maximum atomic E-state index is 14.0. The van der Waals surface area contributed by atoms with Gasteiger partial charge in [0.1, 0.15) is 11.3 Å². The predicted octanol–water partition coefficient (Wildman–Crippen LogP) is 6.98. The van der Waals surface area contributed by atoms with E-state index in [4.69, 9.17) is 34.8 Å². The summed E-state index contributed by atoms with van der Waals surface area (Å²) < 4.78 is 28.0. The lowest BCUT2D eigenvalue weighted by Gasteiger charge is -2.25. The molecule has 3 heterocycles. The fraction of sp³-hybridized carbons (Fsp3) is 0.296. The summed E-state index contributed by atoms with van der Waals surface area (Å²) in [6.45, 7) is 1.56. The Bertz CT molecular complexity index is 1530. The average molecular weight is 628 g/mol. The molecular weight excluding hydrogens is 605 g/mol. The van der Waals surface area contributed by atoms with E-state index in [1.807, 2.05) is 23.2 Å². The van der Waals surface area contributed by atoms with Crippen LogP contribution >= 0.6 is 46.6 Å². The van der Waals surface area contributed by atoms with Gasteiger partial charge in [-0.2, -0.15) is 8.78 Å².